The van der Waals surface area contributed by atoms with Crippen LogP contribution in [0.5, 0.6) is 0 Å². The molecule has 0 aliphatic heterocycles. The molecule has 0 saturated carbocycles. The molecule has 0 fully saturated rings. The monoisotopic (exact) mass is 305 g/mol. The number of nitrogens with two attached hydrogens (primary N) is 1. The average molecular weight is 305 g/mol. The van der Waals surface area contributed by atoms with E-state index in [9.17, 15) is 12.6 Å². The van der Waals surface area contributed by atoms with Gasteiger partial charge in [0.2, 0.25) is 10.0 Å². The Hall–Kier alpha value is -0.830. The van der Waals surface area contributed by atoms with Crippen molar-refractivity contribution in [1.29, 1.82) is 0 Å². The van der Waals surface area contributed by atoms with Crippen LogP contribution >= 0.6 is 0 Å². The number of nitrogens with zero attached hydrogens (tertiary/aromatic N) is 1. The molecule has 108 valence electrons. The summed E-state index contributed by atoms with van der Waals surface area (Å²) in [6.45, 7) is 2.12. The van der Waals surface area contributed by atoms with E-state index in [1.165, 1.54) is 12.3 Å². The largest absolute Gasteiger partial charge is 0.325 e. The summed E-state index contributed by atoms with van der Waals surface area (Å²) in [7, 11) is -4.57. The van der Waals surface area contributed by atoms with Gasteiger partial charge in [0.15, 0.2) is 0 Å². The first-order valence-electron chi connectivity index (χ1n) is 5.84. The summed E-state index contributed by atoms with van der Waals surface area (Å²) < 4.78 is 37.8. The van der Waals surface area contributed by atoms with Crippen molar-refractivity contribution in [3.05, 3.63) is 24.0 Å². The van der Waals surface area contributed by atoms with E-state index in [0.29, 0.717) is 12.1 Å². The minimum atomic E-state index is -3.62. The van der Waals surface area contributed by atoms with Gasteiger partial charge in [-0.05, 0) is 18.6 Å². The molecule has 1 rings (SSSR count). The molecule has 1 aromatic heterocycles. The maximum absolute atomic E-state index is 12.1. The Kier molecular flexibility index (Phi) is 6.05. The third-order valence-electron chi connectivity index (χ3n) is 2.74. The zero-order valence-corrected chi connectivity index (χ0v) is 12.6. The highest BCUT2D eigenvalue weighted by atomic mass is 32.2. The highest BCUT2D eigenvalue weighted by molar-refractivity contribution is 7.89. The van der Waals surface area contributed by atoms with Crippen LogP contribution in [0.2, 0.25) is 0 Å². The fourth-order valence-corrected chi connectivity index (χ4v) is 3.16. The van der Waals surface area contributed by atoms with Gasteiger partial charge in [0.1, 0.15) is 4.90 Å². The maximum atomic E-state index is 12.1. The summed E-state index contributed by atoms with van der Waals surface area (Å²) in [4.78, 5) is 4.04. The molecule has 3 N–H and O–H groups in total. The Labute approximate surface area is 116 Å². The number of rotatable bonds is 7. The molecule has 2 unspecified atom stereocenters. The summed E-state index contributed by atoms with van der Waals surface area (Å²) in [6, 6.07) is 3.02. The van der Waals surface area contributed by atoms with Gasteiger partial charge in [0.25, 0.3) is 0 Å². The van der Waals surface area contributed by atoms with E-state index in [1.807, 2.05) is 6.92 Å². The van der Waals surface area contributed by atoms with Crippen molar-refractivity contribution in [3.8, 4) is 0 Å². The third kappa shape index (κ3) is 4.64. The van der Waals surface area contributed by atoms with Crippen molar-refractivity contribution in [2.45, 2.75) is 30.0 Å². The fourth-order valence-electron chi connectivity index (χ4n) is 1.46. The number of hydrogen-bond acceptors (Lipinski definition) is 5. The van der Waals surface area contributed by atoms with Crippen molar-refractivity contribution in [1.82, 2.24) is 9.71 Å². The maximum Gasteiger partial charge on any atom is 0.242 e. The van der Waals surface area contributed by atoms with Crippen LogP contribution in [0, 0.1) is 0 Å². The van der Waals surface area contributed by atoms with Gasteiger partial charge in [0.05, 0.1) is 5.69 Å². The Morgan fingerprint density at radius 2 is 2.21 bits per heavy atom. The van der Waals surface area contributed by atoms with Crippen LogP contribution in [0.25, 0.3) is 0 Å². The smallest absolute Gasteiger partial charge is 0.242 e. The summed E-state index contributed by atoms with van der Waals surface area (Å²) in [5, 5.41) is -0.0504. The first-order valence-corrected chi connectivity index (χ1v) is 8.94. The first-order chi connectivity index (χ1) is 8.88. The van der Waals surface area contributed by atoms with Crippen molar-refractivity contribution in [2.75, 3.05) is 12.8 Å². The normalized spacial score (nSPS) is 15.1. The molecule has 0 saturated heterocycles. The van der Waals surface area contributed by atoms with Crippen LogP contribution in [-0.2, 0) is 27.4 Å². The van der Waals surface area contributed by atoms with E-state index in [-0.39, 0.29) is 23.2 Å². The lowest BCUT2D eigenvalue weighted by Crippen LogP contribution is -2.29. The van der Waals surface area contributed by atoms with Gasteiger partial charge in [-0.15, -0.1) is 0 Å². The van der Waals surface area contributed by atoms with Crippen LogP contribution < -0.4 is 10.5 Å². The molecule has 0 spiro atoms. The Morgan fingerprint density at radius 3 is 2.79 bits per heavy atom. The van der Waals surface area contributed by atoms with Gasteiger partial charge in [-0.3, -0.25) is 9.19 Å². The van der Waals surface area contributed by atoms with Gasteiger partial charge in [-0.25, -0.2) is 13.1 Å². The average Bonchev–Trinajstić information content (AvgIpc) is 2.38. The van der Waals surface area contributed by atoms with E-state index in [4.69, 9.17) is 5.73 Å². The zero-order chi connectivity index (χ0) is 14.5. The lowest BCUT2D eigenvalue weighted by atomic mass is 10.3. The molecular weight excluding hydrogens is 286 g/mol. The Bertz CT molecular complexity index is 546. The summed E-state index contributed by atoms with van der Waals surface area (Å²) >= 11 is 0. The second kappa shape index (κ2) is 7.09. The number of nitrogens with one attached hydrogen (secondary N) is 1. The molecule has 0 amide bonds. The SMILES string of the molecule is CC(CCNS(=O)(=O)c1cccnc1CN)S(C)=O. The number of pyridine rings is 1. The number of sulfonamides is 1. The van der Waals surface area contributed by atoms with E-state index in [2.05, 4.69) is 9.71 Å². The van der Waals surface area contributed by atoms with Gasteiger partial charge >= 0.3 is 0 Å². The highest BCUT2D eigenvalue weighted by Gasteiger charge is 2.18. The van der Waals surface area contributed by atoms with E-state index < -0.39 is 20.8 Å². The van der Waals surface area contributed by atoms with Crippen LogP contribution in [0.4, 0.5) is 0 Å². The molecule has 1 aromatic rings. The summed E-state index contributed by atoms with van der Waals surface area (Å²) in [5.74, 6) is 0. The minimum Gasteiger partial charge on any atom is -0.325 e. The molecule has 19 heavy (non-hydrogen) atoms. The number of hydrogen-bond donors (Lipinski definition) is 2. The molecule has 0 bridgehead atoms. The van der Waals surface area contributed by atoms with Gasteiger partial charge in [0, 0.05) is 41.6 Å². The molecule has 0 radical (unpaired) electrons. The quantitative estimate of drug-likeness (QED) is 0.737. The third-order valence-corrected chi connectivity index (χ3v) is 5.64. The molecular formula is C11H19N3O3S2. The molecule has 1 heterocycles. The molecule has 8 heteroatoms. The van der Waals surface area contributed by atoms with Crippen molar-refractivity contribution >= 4 is 20.8 Å². The Morgan fingerprint density at radius 1 is 1.53 bits per heavy atom. The van der Waals surface area contributed by atoms with Crippen molar-refractivity contribution < 1.29 is 12.6 Å². The Balaban J connectivity index is 2.74. The van der Waals surface area contributed by atoms with Crippen LogP contribution in [-0.4, -0.2) is 35.7 Å². The lowest BCUT2D eigenvalue weighted by Gasteiger charge is -2.11. The van der Waals surface area contributed by atoms with Gasteiger partial charge in [-0.1, -0.05) is 6.92 Å². The standard InChI is InChI=1S/C11H19N3O3S2/c1-9(18(2)15)5-7-14-19(16,17)11-4-3-6-13-10(11)8-12/h3-4,6,9,14H,5,7-8,12H2,1-2H3. The van der Waals surface area contributed by atoms with E-state index in [0.717, 1.165) is 0 Å². The zero-order valence-electron chi connectivity index (χ0n) is 11.0. The van der Waals surface area contributed by atoms with Crippen molar-refractivity contribution in [3.63, 3.8) is 0 Å². The highest BCUT2D eigenvalue weighted by Crippen LogP contribution is 2.12. The summed E-state index contributed by atoms with van der Waals surface area (Å²) in [6.07, 6.45) is 3.62. The molecule has 0 aliphatic carbocycles. The molecule has 0 aromatic carbocycles. The fraction of sp³-hybridized carbons (Fsp3) is 0.545. The van der Waals surface area contributed by atoms with E-state index >= 15 is 0 Å². The number of aromatic nitrogens is 1. The van der Waals surface area contributed by atoms with Crippen molar-refractivity contribution in [2.24, 2.45) is 5.73 Å². The second-order valence-electron chi connectivity index (χ2n) is 4.15. The predicted molar refractivity (Wildman–Crippen MR) is 75.5 cm³/mol. The van der Waals surface area contributed by atoms with Crippen LogP contribution in [0.1, 0.15) is 19.0 Å². The summed E-state index contributed by atoms with van der Waals surface area (Å²) in [5.41, 5.74) is 5.80. The lowest BCUT2D eigenvalue weighted by molar-refractivity contribution is 0.576. The van der Waals surface area contributed by atoms with Crippen LogP contribution in [0.3, 0.4) is 0 Å². The first kappa shape index (κ1) is 16.2. The van der Waals surface area contributed by atoms with E-state index in [1.54, 1.807) is 12.3 Å². The molecule has 2 atom stereocenters. The topological polar surface area (TPSA) is 102 Å². The van der Waals surface area contributed by atoms with Gasteiger partial charge in [-0.2, -0.15) is 0 Å². The van der Waals surface area contributed by atoms with Gasteiger partial charge < -0.3 is 5.73 Å². The molecule has 0 aliphatic rings. The predicted octanol–water partition coefficient (Wildman–Crippen LogP) is -0.0243. The second-order valence-corrected chi connectivity index (χ2v) is 7.69. The van der Waals surface area contributed by atoms with Crippen LogP contribution in [0.15, 0.2) is 23.2 Å². The molecule has 6 nitrogen and oxygen atoms in total. The minimum absolute atomic E-state index is 0.0504.